The van der Waals surface area contributed by atoms with Gasteiger partial charge in [0.25, 0.3) is 0 Å². The van der Waals surface area contributed by atoms with Gasteiger partial charge in [0.1, 0.15) is 6.04 Å². The van der Waals surface area contributed by atoms with Crippen LogP contribution in [-0.2, 0) is 16.1 Å². The Balaban J connectivity index is 1.67. The maximum absolute atomic E-state index is 13.1. The van der Waals surface area contributed by atoms with Gasteiger partial charge in [0.15, 0.2) is 0 Å². The second kappa shape index (κ2) is 10.7. The molecule has 0 heterocycles. The first kappa shape index (κ1) is 21.7. The van der Waals surface area contributed by atoms with E-state index in [1.807, 2.05) is 61.5 Å². The van der Waals surface area contributed by atoms with E-state index in [-0.39, 0.29) is 23.6 Å². The quantitative estimate of drug-likeness (QED) is 0.605. The van der Waals surface area contributed by atoms with Crippen LogP contribution in [0.4, 0.5) is 0 Å². The molecule has 6 heteroatoms. The molecule has 1 aliphatic carbocycles. The zero-order valence-corrected chi connectivity index (χ0v) is 18.2. The molecule has 0 aliphatic heterocycles. The number of nitrogens with zero attached hydrogens (tertiary/aromatic N) is 1. The van der Waals surface area contributed by atoms with Crippen LogP contribution in [0.25, 0.3) is 0 Å². The third-order valence-electron chi connectivity index (χ3n) is 5.24. The number of halogens is 1. The van der Waals surface area contributed by atoms with Crippen LogP contribution in [0.15, 0.2) is 59.5 Å². The highest BCUT2D eigenvalue weighted by Gasteiger charge is 2.28. The zero-order valence-electron chi connectivity index (χ0n) is 16.6. The number of carbonyl (C=O) groups excluding carboxylic acids is 2. The molecule has 0 bridgehead atoms. The van der Waals surface area contributed by atoms with E-state index in [0.717, 1.165) is 36.1 Å². The van der Waals surface area contributed by atoms with E-state index in [2.05, 4.69) is 5.32 Å². The largest absolute Gasteiger partial charge is 0.352 e. The molecule has 1 aliphatic rings. The first-order valence-electron chi connectivity index (χ1n) is 10.0. The van der Waals surface area contributed by atoms with Gasteiger partial charge in [-0.2, -0.15) is 0 Å². The molecule has 0 saturated heterocycles. The molecule has 0 aromatic heterocycles. The lowest BCUT2D eigenvalue weighted by Gasteiger charge is -2.29. The van der Waals surface area contributed by atoms with Gasteiger partial charge in [0, 0.05) is 22.5 Å². The summed E-state index contributed by atoms with van der Waals surface area (Å²) in [5, 5.41) is 3.80. The summed E-state index contributed by atoms with van der Waals surface area (Å²) in [6, 6.07) is 17.0. The molecule has 3 rings (SSSR count). The summed E-state index contributed by atoms with van der Waals surface area (Å²) < 4.78 is 0. The minimum Gasteiger partial charge on any atom is -0.352 e. The molecule has 1 saturated carbocycles. The van der Waals surface area contributed by atoms with E-state index >= 15 is 0 Å². The Bertz CT molecular complexity index is 807. The fourth-order valence-corrected chi connectivity index (χ4v) is 4.42. The summed E-state index contributed by atoms with van der Waals surface area (Å²) in [6.07, 6.45) is 4.36. The minimum atomic E-state index is -0.519. The number of rotatable bonds is 8. The van der Waals surface area contributed by atoms with Crippen molar-refractivity contribution >= 4 is 35.2 Å². The van der Waals surface area contributed by atoms with Gasteiger partial charge < -0.3 is 10.2 Å². The van der Waals surface area contributed by atoms with Crippen molar-refractivity contribution in [2.24, 2.45) is 0 Å². The van der Waals surface area contributed by atoms with Gasteiger partial charge in [0.2, 0.25) is 11.8 Å². The van der Waals surface area contributed by atoms with Crippen molar-refractivity contribution in [3.63, 3.8) is 0 Å². The summed E-state index contributed by atoms with van der Waals surface area (Å²) in [5.74, 6) is 0.149. The van der Waals surface area contributed by atoms with E-state index in [0.29, 0.717) is 11.6 Å². The predicted molar refractivity (Wildman–Crippen MR) is 119 cm³/mol. The van der Waals surface area contributed by atoms with Gasteiger partial charge >= 0.3 is 0 Å². The Morgan fingerprint density at radius 3 is 2.41 bits per heavy atom. The first-order chi connectivity index (χ1) is 14.0. The van der Waals surface area contributed by atoms with Gasteiger partial charge in [0.05, 0.1) is 5.75 Å². The molecular weight excluding hydrogens is 404 g/mol. The fourth-order valence-electron chi connectivity index (χ4n) is 3.51. The Morgan fingerprint density at radius 2 is 1.76 bits per heavy atom. The molecule has 0 radical (unpaired) electrons. The second-order valence-corrected chi connectivity index (χ2v) is 8.90. The lowest BCUT2D eigenvalue weighted by atomic mass is 10.1. The van der Waals surface area contributed by atoms with Crippen LogP contribution in [0.2, 0.25) is 5.02 Å². The molecule has 29 heavy (non-hydrogen) atoms. The van der Waals surface area contributed by atoms with E-state index in [9.17, 15) is 9.59 Å². The third-order valence-corrected chi connectivity index (χ3v) is 6.49. The molecule has 4 nitrogen and oxygen atoms in total. The molecule has 2 amide bonds. The predicted octanol–water partition coefficient (Wildman–Crippen LogP) is 4.91. The number of nitrogens with one attached hydrogen (secondary N) is 1. The number of hydrogen-bond acceptors (Lipinski definition) is 3. The summed E-state index contributed by atoms with van der Waals surface area (Å²) in [7, 11) is 0. The molecule has 1 N–H and O–H groups in total. The monoisotopic (exact) mass is 430 g/mol. The number of benzene rings is 2. The van der Waals surface area contributed by atoms with Crippen molar-refractivity contribution in [3.8, 4) is 0 Å². The summed E-state index contributed by atoms with van der Waals surface area (Å²) >= 11 is 7.39. The standard InChI is InChI=1S/C23H27ClN2O2S/c1-17(23(28)25-20-9-5-6-10-20)26(15-18-7-3-2-4-8-18)22(27)16-29-21-13-11-19(24)12-14-21/h2-4,7-8,11-14,17,20H,5-6,9-10,15-16H2,1H3,(H,25,28)/t17-/m1/s1. The Labute approximate surface area is 182 Å². The van der Waals surface area contributed by atoms with Crippen molar-refractivity contribution in [2.75, 3.05) is 5.75 Å². The van der Waals surface area contributed by atoms with Crippen LogP contribution in [0.1, 0.15) is 38.2 Å². The first-order valence-corrected chi connectivity index (χ1v) is 11.4. The average Bonchev–Trinajstić information content (AvgIpc) is 3.24. The maximum Gasteiger partial charge on any atom is 0.242 e. The molecule has 2 aromatic rings. The van der Waals surface area contributed by atoms with Crippen molar-refractivity contribution in [1.29, 1.82) is 0 Å². The number of hydrogen-bond donors (Lipinski definition) is 1. The Hall–Kier alpha value is -1.98. The lowest BCUT2D eigenvalue weighted by Crippen LogP contribution is -2.50. The summed E-state index contributed by atoms with van der Waals surface area (Å²) in [6.45, 7) is 2.23. The van der Waals surface area contributed by atoms with Crippen LogP contribution in [0, 0.1) is 0 Å². The molecule has 0 spiro atoms. The molecule has 2 aromatic carbocycles. The van der Waals surface area contributed by atoms with Crippen molar-refractivity contribution in [3.05, 3.63) is 65.2 Å². The Morgan fingerprint density at radius 1 is 1.10 bits per heavy atom. The van der Waals surface area contributed by atoms with Gasteiger partial charge in [-0.1, -0.05) is 54.8 Å². The fraction of sp³-hybridized carbons (Fsp3) is 0.391. The van der Waals surface area contributed by atoms with E-state index < -0.39 is 6.04 Å². The number of amides is 2. The van der Waals surface area contributed by atoms with Gasteiger partial charge in [-0.15, -0.1) is 11.8 Å². The molecule has 154 valence electrons. The van der Waals surface area contributed by atoms with E-state index in [1.54, 1.807) is 4.90 Å². The number of thioether (sulfide) groups is 1. The van der Waals surface area contributed by atoms with Crippen LogP contribution in [0.5, 0.6) is 0 Å². The highest BCUT2D eigenvalue weighted by Crippen LogP contribution is 2.22. The normalized spacial score (nSPS) is 15.1. The van der Waals surface area contributed by atoms with E-state index in [1.165, 1.54) is 11.8 Å². The average molecular weight is 431 g/mol. The van der Waals surface area contributed by atoms with E-state index in [4.69, 9.17) is 11.6 Å². The van der Waals surface area contributed by atoms with Gasteiger partial charge in [-0.25, -0.2) is 0 Å². The van der Waals surface area contributed by atoms with Crippen molar-refractivity contribution < 1.29 is 9.59 Å². The smallest absolute Gasteiger partial charge is 0.242 e. The minimum absolute atomic E-state index is 0.0529. The zero-order chi connectivity index (χ0) is 20.6. The lowest BCUT2D eigenvalue weighted by molar-refractivity contribution is -0.138. The SMILES string of the molecule is C[C@H](C(=O)NC1CCCC1)N(Cc1ccccc1)C(=O)CSc1ccc(Cl)cc1. The highest BCUT2D eigenvalue weighted by atomic mass is 35.5. The Kier molecular flexibility index (Phi) is 8.01. The number of carbonyl (C=O) groups is 2. The van der Waals surface area contributed by atoms with Crippen LogP contribution in [0.3, 0.4) is 0 Å². The van der Waals surface area contributed by atoms with Crippen LogP contribution >= 0.6 is 23.4 Å². The molecule has 0 unspecified atom stereocenters. The highest BCUT2D eigenvalue weighted by molar-refractivity contribution is 8.00. The maximum atomic E-state index is 13.1. The van der Waals surface area contributed by atoms with Crippen LogP contribution < -0.4 is 5.32 Å². The van der Waals surface area contributed by atoms with Crippen molar-refractivity contribution in [1.82, 2.24) is 10.2 Å². The third kappa shape index (κ3) is 6.51. The van der Waals surface area contributed by atoms with Crippen molar-refractivity contribution in [2.45, 2.75) is 56.1 Å². The topological polar surface area (TPSA) is 49.4 Å². The van der Waals surface area contributed by atoms with Crippen LogP contribution in [-0.4, -0.2) is 34.6 Å². The summed E-state index contributed by atoms with van der Waals surface area (Å²) in [4.78, 5) is 28.6. The summed E-state index contributed by atoms with van der Waals surface area (Å²) in [5.41, 5.74) is 1.01. The van der Waals surface area contributed by atoms with Gasteiger partial charge in [-0.05, 0) is 49.6 Å². The van der Waals surface area contributed by atoms with Gasteiger partial charge in [-0.3, -0.25) is 9.59 Å². The molecule has 1 fully saturated rings. The molecular formula is C23H27ClN2O2S. The second-order valence-electron chi connectivity index (χ2n) is 7.42. The molecule has 1 atom stereocenters.